The predicted molar refractivity (Wildman–Crippen MR) is 100 cm³/mol. The summed E-state index contributed by atoms with van der Waals surface area (Å²) in [6.07, 6.45) is 1.86. The first kappa shape index (κ1) is 19.3. The predicted octanol–water partition coefficient (Wildman–Crippen LogP) is 1.50. The SMILES string of the molecule is CCOc1ccc(CC(CNC(=O)c2nc3nccc(C)n3n2)C(=O)O)cc1. The maximum Gasteiger partial charge on any atom is 0.308 e. The molecule has 1 amide bonds. The zero-order chi connectivity index (χ0) is 20.1. The van der Waals surface area contributed by atoms with Crippen LogP contribution in [0.2, 0.25) is 0 Å². The fourth-order valence-electron chi connectivity index (χ4n) is 2.72. The zero-order valence-corrected chi connectivity index (χ0v) is 15.6. The molecule has 146 valence electrons. The number of nitrogens with one attached hydrogen (secondary N) is 1. The van der Waals surface area contributed by atoms with Gasteiger partial charge >= 0.3 is 5.97 Å². The number of aryl methyl sites for hydroxylation is 1. The van der Waals surface area contributed by atoms with Crippen LogP contribution in [0.3, 0.4) is 0 Å². The van der Waals surface area contributed by atoms with Crippen molar-refractivity contribution in [3.63, 3.8) is 0 Å². The van der Waals surface area contributed by atoms with Crippen molar-refractivity contribution < 1.29 is 19.4 Å². The summed E-state index contributed by atoms with van der Waals surface area (Å²) < 4.78 is 6.84. The molecular weight excluding hydrogens is 362 g/mol. The molecule has 0 saturated carbocycles. The Labute approximate surface area is 161 Å². The van der Waals surface area contributed by atoms with E-state index in [9.17, 15) is 14.7 Å². The van der Waals surface area contributed by atoms with Gasteiger partial charge in [-0.25, -0.2) is 9.50 Å². The lowest BCUT2D eigenvalue weighted by atomic mass is 9.99. The molecule has 9 nitrogen and oxygen atoms in total. The van der Waals surface area contributed by atoms with Gasteiger partial charge in [0.2, 0.25) is 5.82 Å². The minimum atomic E-state index is -0.991. The Morgan fingerprint density at radius 3 is 2.64 bits per heavy atom. The number of aromatic nitrogens is 4. The number of benzene rings is 1. The number of carbonyl (C=O) groups is 2. The van der Waals surface area contributed by atoms with Gasteiger partial charge in [-0.15, -0.1) is 5.10 Å². The molecule has 2 aromatic heterocycles. The number of ether oxygens (including phenoxy) is 1. The molecule has 9 heteroatoms. The van der Waals surface area contributed by atoms with E-state index in [-0.39, 0.29) is 18.8 Å². The van der Waals surface area contributed by atoms with Gasteiger partial charge < -0.3 is 15.2 Å². The Bertz CT molecular complexity index is 984. The minimum absolute atomic E-state index is 0.0384. The van der Waals surface area contributed by atoms with Crippen LogP contribution in [0.15, 0.2) is 36.5 Å². The standard InChI is InChI=1S/C19H21N5O4/c1-3-28-15-6-4-13(5-7-15)10-14(18(26)27)11-21-17(25)16-22-19-20-9-8-12(2)24(19)23-16/h4-9,14H,3,10-11H2,1-2H3,(H,21,25)(H,26,27). The number of nitrogens with zero attached hydrogens (tertiary/aromatic N) is 4. The summed E-state index contributed by atoms with van der Waals surface area (Å²) in [5.74, 6) is -1.31. The molecule has 0 aliphatic rings. The third kappa shape index (κ3) is 4.43. The topological polar surface area (TPSA) is 119 Å². The molecule has 0 saturated heterocycles. The third-order valence-electron chi connectivity index (χ3n) is 4.21. The first-order chi connectivity index (χ1) is 13.5. The highest BCUT2D eigenvalue weighted by Crippen LogP contribution is 2.15. The number of carboxylic acid groups (broad SMARTS) is 1. The lowest BCUT2D eigenvalue weighted by molar-refractivity contribution is -0.141. The fourth-order valence-corrected chi connectivity index (χ4v) is 2.72. The summed E-state index contributed by atoms with van der Waals surface area (Å²) in [7, 11) is 0. The zero-order valence-electron chi connectivity index (χ0n) is 15.6. The molecule has 2 N–H and O–H groups in total. The maximum atomic E-state index is 12.3. The van der Waals surface area contributed by atoms with Crippen molar-refractivity contribution in [2.24, 2.45) is 5.92 Å². The van der Waals surface area contributed by atoms with Crippen molar-refractivity contribution in [1.82, 2.24) is 24.9 Å². The van der Waals surface area contributed by atoms with E-state index in [2.05, 4.69) is 20.4 Å². The lowest BCUT2D eigenvalue weighted by Gasteiger charge is -2.13. The van der Waals surface area contributed by atoms with Gasteiger partial charge in [0.05, 0.1) is 12.5 Å². The van der Waals surface area contributed by atoms with E-state index in [0.29, 0.717) is 12.4 Å². The van der Waals surface area contributed by atoms with E-state index < -0.39 is 17.8 Å². The van der Waals surface area contributed by atoms with Gasteiger partial charge in [0, 0.05) is 18.4 Å². The quantitative estimate of drug-likeness (QED) is 0.605. The Hall–Kier alpha value is -3.49. The second-order valence-electron chi connectivity index (χ2n) is 6.26. The van der Waals surface area contributed by atoms with Crippen LogP contribution in [0, 0.1) is 12.8 Å². The number of aliphatic carboxylic acids is 1. The highest BCUT2D eigenvalue weighted by Gasteiger charge is 2.21. The van der Waals surface area contributed by atoms with Crippen molar-refractivity contribution in [3.05, 3.63) is 53.6 Å². The molecule has 28 heavy (non-hydrogen) atoms. The maximum absolute atomic E-state index is 12.3. The molecule has 1 unspecified atom stereocenters. The van der Waals surface area contributed by atoms with Gasteiger partial charge in [-0.2, -0.15) is 4.98 Å². The van der Waals surface area contributed by atoms with Crippen LogP contribution < -0.4 is 10.1 Å². The van der Waals surface area contributed by atoms with Gasteiger partial charge in [-0.3, -0.25) is 9.59 Å². The Morgan fingerprint density at radius 2 is 2.00 bits per heavy atom. The monoisotopic (exact) mass is 383 g/mol. The van der Waals surface area contributed by atoms with Gasteiger partial charge in [0.25, 0.3) is 11.7 Å². The molecule has 2 heterocycles. The Morgan fingerprint density at radius 1 is 1.25 bits per heavy atom. The van der Waals surface area contributed by atoms with Crippen LogP contribution in [-0.4, -0.2) is 49.7 Å². The van der Waals surface area contributed by atoms with Crippen LogP contribution in [-0.2, 0) is 11.2 Å². The van der Waals surface area contributed by atoms with Gasteiger partial charge in [0.1, 0.15) is 5.75 Å². The van der Waals surface area contributed by atoms with E-state index >= 15 is 0 Å². The number of carboxylic acids is 1. The molecule has 3 rings (SSSR count). The minimum Gasteiger partial charge on any atom is -0.494 e. The molecule has 3 aromatic rings. The molecule has 0 bridgehead atoms. The molecule has 0 radical (unpaired) electrons. The van der Waals surface area contributed by atoms with Crippen molar-refractivity contribution >= 4 is 17.7 Å². The largest absolute Gasteiger partial charge is 0.494 e. The van der Waals surface area contributed by atoms with E-state index in [4.69, 9.17) is 4.74 Å². The van der Waals surface area contributed by atoms with Crippen LogP contribution >= 0.6 is 0 Å². The highest BCUT2D eigenvalue weighted by atomic mass is 16.5. The summed E-state index contributed by atoms with van der Waals surface area (Å²) in [5.41, 5.74) is 1.63. The smallest absolute Gasteiger partial charge is 0.308 e. The highest BCUT2D eigenvalue weighted by molar-refractivity contribution is 5.91. The summed E-state index contributed by atoms with van der Waals surface area (Å²) >= 11 is 0. The van der Waals surface area contributed by atoms with Crippen molar-refractivity contribution in [1.29, 1.82) is 0 Å². The number of rotatable bonds is 8. The number of carbonyl (C=O) groups excluding carboxylic acids is 1. The van der Waals surface area contributed by atoms with Gasteiger partial charge in [0.15, 0.2) is 0 Å². The third-order valence-corrected chi connectivity index (χ3v) is 4.21. The van der Waals surface area contributed by atoms with Crippen LogP contribution in [0.25, 0.3) is 5.78 Å². The second kappa shape index (κ2) is 8.47. The molecule has 1 aromatic carbocycles. The molecule has 1 atom stereocenters. The van der Waals surface area contributed by atoms with Crippen LogP contribution in [0.4, 0.5) is 0 Å². The van der Waals surface area contributed by atoms with Crippen molar-refractivity contribution in [2.75, 3.05) is 13.2 Å². The molecule has 0 fully saturated rings. The Balaban J connectivity index is 1.64. The fraction of sp³-hybridized carbons (Fsp3) is 0.316. The molecule has 0 aliphatic carbocycles. The number of hydrogen-bond acceptors (Lipinski definition) is 6. The van der Waals surface area contributed by atoms with E-state index in [1.807, 2.05) is 26.0 Å². The second-order valence-corrected chi connectivity index (χ2v) is 6.26. The summed E-state index contributed by atoms with van der Waals surface area (Å²) in [6, 6.07) is 8.99. The average molecular weight is 383 g/mol. The van der Waals surface area contributed by atoms with E-state index in [1.165, 1.54) is 4.52 Å². The van der Waals surface area contributed by atoms with E-state index in [1.54, 1.807) is 24.4 Å². The molecular formula is C19H21N5O4. The van der Waals surface area contributed by atoms with Crippen molar-refractivity contribution in [2.45, 2.75) is 20.3 Å². The summed E-state index contributed by atoms with van der Waals surface area (Å²) in [5, 5.41) is 16.2. The van der Waals surface area contributed by atoms with Crippen LogP contribution in [0.5, 0.6) is 5.75 Å². The van der Waals surface area contributed by atoms with Crippen molar-refractivity contribution in [3.8, 4) is 5.75 Å². The molecule has 0 aliphatic heterocycles. The van der Waals surface area contributed by atoms with E-state index in [0.717, 1.165) is 17.0 Å². The van der Waals surface area contributed by atoms with Crippen LogP contribution in [0.1, 0.15) is 28.8 Å². The first-order valence-electron chi connectivity index (χ1n) is 8.89. The Kier molecular flexibility index (Phi) is 5.83. The summed E-state index contributed by atoms with van der Waals surface area (Å²) in [4.78, 5) is 32.0. The van der Waals surface area contributed by atoms with Gasteiger partial charge in [-0.1, -0.05) is 12.1 Å². The lowest BCUT2D eigenvalue weighted by Crippen LogP contribution is -2.34. The summed E-state index contributed by atoms with van der Waals surface area (Å²) in [6.45, 7) is 4.24. The normalized spacial score (nSPS) is 11.9. The molecule has 0 spiro atoms. The number of fused-ring (bicyclic) bond motifs is 1. The first-order valence-corrected chi connectivity index (χ1v) is 8.89. The average Bonchev–Trinajstić information content (AvgIpc) is 3.12. The number of amides is 1. The van der Waals surface area contributed by atoms with Gasteiger partial charge in [-0.05, 0) is 44.0 Å². The number of hydrogen-bond donors (Lipinski definition) is 2.